The maximum Gasteiger partial charge on any atom is 0.131 e. The van der Waals surface area contributed by atoms with Crippen LogP contribution in [0.5, 0.6) is 0 Å². The first-order valence-corrected chi connectivity index (χ1v) is 6.61. The Balaban J connectivity index is 2.18. The van der Waals surface area contributed by atoms with Crippen molar-refractivity contribution in [3.8, 4) is 0 Å². The molecule has 1 aromatic heterocycles. The highest BCUT2D eigenvalue weighted by Crippen LogP contribution is 2.24. The fourth-order valence-electron chi connectivity index (χ4n) is 2.60. The third-order valence-corrected chi connectivity index (χ3v) is 3.37. The Morgan fingerprint density at radius 3 is 3.12 bits per heavy atom. The van der Waals surface area contributed by atoms with Gasteiger partial charge in [-0.1, -0.05) is 13.0 Å². The molecule has 0 radical (unpaired) electrons. The summed E-state index contributed by atoms with van der Waals surface area (Å²) < 4.78 is 0. The molecule has 2 unspecified atom stereocenters. The van der Waals surface area contributed by atoms with Crippen molar-refractivity contribution in [2.75, 3.05) is 18.0 Å². The first-order chi connectivity index (χ1) is 8.16. The molecule has 2 heterocycles. The van der Waals surface area contributed by atoms with Crippen molar-refractivity contribution in [3.63, 3.8) is 0 Å². The van der Waals surface area contributed by atoms with E-state index < -0.39 is 0 Å². The maximum atomic E-state index is 5.90. The zero-order valence-electron chi connectivity index (χ0n) is 10.9. The summed E-state index contributed by atoms with van der Waals surface area (Å²) in [5, 5.41) is 0. The molecule has 0 bridgehead atoms. The van der Waals surface area contributed by atoms with Gasteiger partial charge in [0, 0.05) is 25.3 Å². The van der Waals surface area contributed by atoms with E-state index in [-0.39, 0.29) is 6.04 Å². The quantitative estimate of drug-likeness (QED) is 0.870. The van der Waals surface area contributed by atoms with Crippen molar-refractivity contribution in [1.82, 2.24) is 4.98 Å². The van der Waals surface area contributed by atoms with Crippen LogP contribution in [-0.4, -0.2) is 24.1 Å². The monoisotopic (exact) mass is 233 g/mol. The number of aromatic nitrogens is 1. The highest BCUT2D eigenvalue weighted by Gasteiger charge is 2.19. The van der Waals surface area contributed by atoms with Crippen LogP contribution in [0.25, 0.3) is 0 Å². The fourth-order valence-corrected chi connectivity index (χ4v) is 2.60. The van der Waals surface area contributed by atoms with Crippen molar-refractivity contribution >= 4 is 5.82 Å². The summed E-state index contributed by atoms with van der Waals surface area (Å²) in [6, 6.07) is 4.36. The lowest BCUT2D eigenvalue weighted by Crippen LogP contribution is -2.36. The first-order valence-electron chi connectivity index (χ1n) is 6.61. The molecular formula is C14H23N3. The number of rotatable bonds is 3. The van der Waals surface area contributed by atoms with Gasteiger partial charge in [-0.3, -0.25) is 0 Å². The molecule has 0 amide bonds. The highest BCUT2D eigenvalue weighted by molar-refractivity contribution is 5.47. The number of pyridine rings is 1. The van der Waals surface area contributed by atoms with E-state index in [4.69, 9.17) is 5.73 Å². The second kappa shape index (κ2) is 5.50. The molecule has 3 nitrogen and oxygen atoms in total. The lowest BCUT2D eigenvalue weighted by Gasteiger charge is -2.33. The molecule has 1 aliphatic rings. The largest absolute Gasteiger partial charge is 0.356 e. The molecule has 1 aliphatic heterocycles. The Hall–Kier alpha value is -1.09. The van der Waals surface area contributed by atoms with Crippen LogP contribution in [0.4, 0.5) is 5.82 Å². The van der Waals surface area contributed by atoms with Crippen LogP contribution in [0.15, 0.2) is 18.3 Å². The van der Waals surface area contributed by atoms with E-state index in [1.54, 1.807) is 0 Å². The smallest absolute Gasteiger partial charge is 0.131 e. The Kier molecular flexibility index (Phi) is 4.00. The van der Waals surface area contributed by atoms with Gasteiger partial charge in [0.05, 0.1) is 0 Å². The molecule has 94 valence electrons. The van der Waals surface area contributed by atoms with E-state index in [0.29, 0.717) is 0 Å². The second-order valence-corrected chi connectivity index (χ2v) is 5.36. The van der Waals surface area contributed by atoms with Crippen LogP contribution in [-0.2, 0) is 6.42 Å². The van der Waals surface area contributed by atoms with Gasteiger partial charge < -0.3 is 10.6 Å². The van der Waals surface area contributed by atoms with Crippen molar-refractivity contribution < 1.29 is 0 Å². The number of nitrogens with zero attached hydrogens (tertiary/aromatic N) is 2. The zero-order valence-corrected chi connectivity index (χ0v) is 10.9. The van der Waals surface area contributed by atoms with Crippen molar-refractivity contribution in [3.05, 3.63) is 23.9 Å². The molecular weight excluding hydrogens is 210 g/mol. The summed E-state index contributed by atoms with van der Waals surface area (Å²) in [6.07, 6.45) is 5.41. The minimum absolute atomic E-state index is 0.195. The van der Waals surface area contributed by atoms with Crippen LogP contribution < -0.4 is 10.6 Å². The Morgan fingerprint density at radius 2 is 2.41 bits per heavy atom. The van der Waals surface area contributed by atoms with Crippen LogP contribution in [0.2, 0.25) is 0 Å². The topological polar surface area (TPSA) is 42.1 Å². The average Bonchev–Trinajstić information content (AvgIpc) is 2.29. The zero-order chi connectivity index (χ0) is 12.3. The van der Waals surface area contributed by atoms with Crippen LogP contribution in [0.1, 0.15) is 32.3 Å². The molecule has 17 heavy (non-hydrogen) atoms. The van der Waals surface area contributed by atoms with Crippen molar-refractivity contribution in [1.29, 1.82) is 0 Å². The molecule has 1 saturated heterocycles. The van der Waals surface area contributed by atoms with Gasteiger partial charge in [0.2, 0.25) is 0 Å². The molecule has 1 aromatic rings. The Morgan fingerprint density at radius 1 is 1.59 bits per heavy atom. The summed E-state index contributed by atoms with van der Waals surface area (Å²) in [4.78, 5) is 6.98. The molecule has 0 aliphatic carbocycles. The van der Waals surface area contributed by atoms with Gasteiger partial charge in [-0.15, -0.1) is 0 Å². The van der Waals surface area contributed by atoms with Crippen LogP contribution in [0, 0.1) is 5.92 Å². The third-order valence-electron chi connectivity index (χ3n) is 3.37. The molecule has 0 saturated carbocycles. The lowest BCUT2D eigenvalue weighted by molar-refractivity contribution is 0.443. The first kappa shape index (κ1) is 12.4. The minimum atomic E-state index is 0.195. The van der Waals surface area contributed by atoms with Gasteiger partial charge in [-0.2, -0.15) is 0 Å². The SMILES string of the molecule is CC(N)Cc1cccnc1N1CCCC(C)C1. The number of anilines is 1. The summed E-state index contributed by atoms with van der Waals surface area (Å²) in [7, 11) is 0. The lowest BCUT2D eigenvalue weighted by atomic mass is 9.99. The van der Waals surface area contributed by atoms with Crippen molar-refractivity contribution in [2.45, 2.75) is 39.2 Å². The van der Waals surface area contributed by atoms with E-state index in [1.807, 2.05) is 12.3 Å². The van der Waals surface area contributed by atoms with Gasteiger partial charge in [-0.05, 0) is 43.7 Å². The summed E-state index contributed by atoms with van der Waals surface area (Å²) in [6.45, 7) is 6.63. The molecule has 2 atom stereocenters. The Labute approximate surface area is 104 Å². The Bertz CT molecular complexity index is 362. The summed E-state index contributed by atoms with van der Waals surface area (Å²) in [5.41, 5.74) is 7.19. The van der Waals surface area contributed by atoms with Crippen LogP contribution >= 0.6 is 0 Å². The maximum absolute atomic E-state index is 5.90. The molecule has 2 rings (SSSR count). The van der Waals surface area contributed by atoms with E-state index in [1.165, 1.54) is 18.4 Å². The molecule has 3 heteroatoms. The third kappa shape index (κ3) is 3.19. The average molecular weight is 233 g/mol. The summed E-state index contributed by atoms with van der Waals surface area (Å²) >= 11 is 0. The molecule has 2 N–H and O–H groups in total. The van der Waals surface area contributed by atoms with E-state index in [0.717, 1.165) is 31.2 Å². The van der Waals surface area contributed by atoms with Gasteiger partial charge in [0.15, 0.2) is 0 Å². The molecule has 0 aromatic carbocycles. The molecule has 0 spiro atoms. The van der Waals surface area contributed by atoms with Gasteiger partial charge in [-0.25, -0.2) is 4.98 Å². The number of hydrogen-bond donors (Lipinski definition) is 1. The van der Waals surface area contributed by atoms with Gasteiger partial charge in [0.1, 0.15) is 5.82 Å². The predicted octanol–water partition coefficient (Wildman–Crippen LogP) is 2.21. The summed E-state index contributed by atoms with van der Waals surface area (Å²) in [5.74, 6) is 1.92. The van der Waals surface area contributed by atoms with Gasteiger partial charge >= 0.3 is 0 Å². The molecule has 1 fully saturated rings. The highest BCUT2D eigenvalue weighted by atomic mass is 15.2. The standard InChI is InChI=1S/C14H23N3/c1-11-5-4-8-17(10-11)14-13(9-12(2)15)6-3-7-16-14/h3,6-7,11-12H,4-5,8-10,15H2,1-2H3. The predicted molar refractivity (Wildman–Crippen MR) is 72.2 cm³/mol. The van der Waals surface area contributed by atoms with E-state index in [2.05, 4.69) is 29.8 Å². The van der Waals surface area contributed by atoms with Crippen LogP contribution in [0.3, 0.4) is 0 Å². The second-order valence-electron chi connectivity index (χ2n) is 5.36. The van der Waals surface area contributed by atoms with Crippen molar-refractivity contribution in [2.24, 2.45) is 11.7 Å². The van der Waals surface area contributed by atoms with E-state index in [9.17, 15) is 0 Å². The van der Waals surface area contributed by atoms with E-state index >= 15 is 0 Å². The fraction of sp³-hybridized carbons (Fsp3) is 0.643. The minimum Gasteiger partial charge on any atom is -0.356 e. The number of hydrogen-bond acceptors (Lipinski definition) is 3. The van der Waals surface area contributed by atoms with Gasteiger partial charge in [0.25, 0.3) is 0 Å². The normalized spacial score (nSPS) is 22.5. The number of nitrogens with two attached hydrogens (primary N) is 1. The number of piperidine rings is 1.